The van der Waals surface area contributed by atoms with Crippen molar-refractivity contribution >= 4 is 16.1 Å². The molecule has 1 atom stereocenters. The van der Waals surface area contributed by atoms with Crippen molar-refractivity contribution in [3.63, 3.8) is 0 Å². The fourth-order valence-corrected chi connectivity index (χ4v) is 2.26. The Hall–Kier alpha value is -0.920. The molecule has 1 unspecified atom stereocenters. The molecule has 0 aromatic carbocycles. The van der Waals surface area contributed by atoms with Gasteiger partial charge in [-0.05, 0) is 24.8 Å². The average molecular weight is 247 g/mol. The molecule has 0 radical (unpaired) electrons. The number of hydrogen-bond donors (Lipinski definition) is 2. The molecule has 92 valence electrons. The predicted molar refractivity (Wildman–Crippen MR) is 60.6 cm³/mol. The molecule has 0 aromatic rings. The molecule has 1 saturated heterocycles. The fraction of sp³-hybridized carbons (Fsp3) is 0.667. The van der Waals surface area contributed by atoms with Crippen LogP contribution in [0.2, 0.25) is 0 Å². The first-order valence-corrected chi connectivity index (χ1v) is 6.65. The van der Waals surface area contributed by atoms with Crippen LogP contribution in [-0.2, 0) is 15.0 Å². The molecular weight excluding hydrogens is 230 g/mol. The van der Waals surface area contributed by atoms with Gasteiger partial charge in [0.05, 0.1) is 0 Å². The Morgan fingerprint density at radius 2 is 2.31 bits per heavy atom. The van der Waals surface area contributed by atoms with Crippen molar-refractivity contribution in [3.05, 3.63) is 12.7 Å². The van der Waals surface area contributed by atoms with Gasteiger partial charge in [0.2, 0.25) is 5.91 Å². The molecule has 0 aliphatic carbocycles. The summed E-state index contributed by atoms with van der Waals surface area (Å²) >= 11 is 0. The molecule has 1 amide bonds. The van der Waals surface area contributed by atoms with Crippen molar-refractivity contribution in [3.8, 4) is 0 Å². The molecule has 1 heterocycles. The monoisotopic (exact) mass is 247 g/mol. The van der Waals surface area contributed by atoms with E-state index in [1.807, 2.05) is 0 Å². The lowest BCUT2D eigenvalue weighted by Gasteiger charge is -2.31. The minimum absolute atomic E-state index is 0.111. The molecule has 16 heavy (non-hydrogen) atoms. The Bertz CT molecular complexity index is 366. The van der Waals surface area contributed by atoms with Crippen LogP contribution < -0.4 is 9.86 Å². The van der Waals surface area contributed by atoms with Gasteiger partial charge in [-0.1, -0.05) is 6.58 Å². The number of likely N-dealkylation sites (tertiary alicyclic amines) is 1. The number of nitrogens with two attached hydrogens (primary N) is 1. The van der Waals surface area contributed by atoms with Crippen LogP contribution in [0.5, 0.6) is 0 Å². The summed E-state index contributed by atoms with van der Waals surface area (Å²) in [4.78, 5) is 13.0. The minimum atomic E-state index is -3.64. The molecule has 3 N–H and O–H groups in total. The van der Waals surface area contributed by atoms with Crippen molar-refractivity contribution in [2.45, 2.75) is 12.8 Å². The molecule has 1 aliphatic rings. The summed E-state index contributed by atoms with van der Waals surface area (Å²) in [5.41, 5.74) is 0. The molecule has 0 bridgehead atoms. The second-order valence-electron chi connectivity index (χ2n) is 3.89. The lowest BCUT2D eigenvalue weighted by molar-refractivity contribution is -0.127. The minimum Gasteiger partial charge on any atom is -0.339 e. The molecule has 6 nitrogen and oxygen atoms in total. The summed E-state index contributed by atoms with van der Waals surface area (Å²) in [5.74, 6) is 0.0104. The second-order valence-corrected chi connectivity index (χ2v) is 5.27. The van der Waals surface area contributed by atoms with Gasteiger partial charge in [-0.2, -0.15) is 8.42 Å². The third kappa shape index (κ3) is 4.30. The predicted octanol–water partition coefficient (Wildman–Crippen LogP) is -0.796. The van der Waals surface area contributed by atoms with Crippen LogP contribution in [0.25, 0.3) is 0 Å². The van der Waals surface area contributed by atoms with E-state index in [0.717, 1.165) is 12.8 Å². The lowest BCUT2D eigenvalue weighted by atomic mass is 9.98. The summed E-state index contributed by atoms with van der Waals surface area (Å²) in [5, 5.41) is 4.84. The zero-order chi connectivity index (χ0) is 12.2. The summed E-state index contributed by atoms with van der Waals surface area (Å²) in [7, 11) is -3.64. The number of hydrogen-bond acceptors (Lipinski definition) is 3. The van der Waals surface area contributed by atoms with Gasteiger partial charge in [-0.15, -0.1) is 0 Å². The number of carbonyl (C=O) groups excluding carboxylic acids is 1. The molecule has 0 saturated carbocycles. The van der Waals surface area contributed by atoms with Crippen molar-refractivity contribution < 1.29 is 13.2 Å². The zero-order valence-corrected chi connectivity index (χ0v) is 9.87. The van der Waals surface area contributed by atoms with Gasteiger partial charge < -0.3 is 4.90 Å². The van der Waals surface area contributed by atoms with E-state index in [2.05, 4.69) is 11.3 Å². The lowest BCUT2D eigenvalue weighted by Crippen LogP contribution is -2.44. The van der Waals surface area contributed by atoms with E-state index in [1.54, 1.807) is 4.90 Å². The molecule has 0 spiro atoms. The molecule has 1 fully saturated rings. The van der Waals surface area contributed by atoms with Crippen LogP contribution in [0.1, 0.15) is 12.8 Å². The summed E-state index contributed by atoms with van der Waals surface area (Å²) in [6.07, 6.45) is 3.04. The van der Waals surface area contributed by atoms with E-state index in [-0.39, 0.29) is 18.4 Å². The quantitative estimate of drug-likeness (QED) is 0.637. The normalized spacial score (nSPS) is 21.8. The van der Waals surface area contributed by atoms with Crippen molar-refractivity contribution in [1.29, 1.82) is 0 Å². The maximum absolute atomic E-state index is 11.4. The van der Waals surface area contributed by atoms with Gasteiger partial charge in [0, 0.05) is 19.6 Å². The first-order valence-electron chi connectivity index (χ1n) is 5.11. The van der Waals surface area contributed by atoms with Crippen LogP contribution in [0.3, 0.4) is 0 Å². The van der Waals surface area contributed by atoms with Gasteiger partial charge in [-0.3, -0.25) is 4.79 Å². The number of nitrogens with one attached hydrogen (secondary N) is 1. The van der Waals surface area contributed by atoms with Crippen LogP contribution in [0, 0.1) is 5.92 Å². The fourth-order valence-electron chi connectivity index (χ4n) is 1.79. The van der Waals surface area contributed by atoms with Gasteiger partial charge in [0.15, 0.2) is 0 Å². The zero-order valence-electron chi connectivity index (χ0n) is 9.05. The van der Waals surface area contributed by atoms with Crippen molar-refractivity contribution in [2.75, 3.05) is 19.6 Å². The second kappa shape index (κ2) is 5.42. The van der Waals surface area contributed by atoms with E-state index in [9.17, 15) is 13.2 Å². The number of nitrogens with zero attached hydrogens (tertiary/aromatic N) is 1. The van der Waals surface area contributed by atoms with Gasteiger partial charge in [0.1, 0.15) is 0 Å². The Morgan fingerprint density at radius 1 is 1.62 bits per heavy atom. The van der Waals surface area contributed by atoms with Crippen molar-refractivity contribution in [1.82, 2.24) is 9.62 Å². The topological polar surface area (TPSA) is 92.5 Å². The SMILES string of the molecule is C=CC(=O)N1CCCC(CNS(N)(=O)=O)C1. The molecule has 7 heteroatoms. The van der Waals surface area contributed by atoms with Crippen LogP contribution in [0.4, 0.5) is 0 Å². The number of rotatable bonds is 4. The third-order valence-corrected chi connectivity index (χ3v) is 3.15. The summed E-state index contributed by atoms with van der Waals surface area (Å²) < 4.78 is 23.7. The highest BCUT2D eigenvalue weighted by atomic mass is 32.2. The molecule has 1 rings (SSSR count). The van der Waals surface area contributed by atoms with E-state index < -0.39 is 10.2 Å². The Morgan fingerprint density at radius 3 is 2.88 bits per heavy atom. The Kier molecular flexibility index (Phi) is 4.45. The Labute approximate surface area is 95.7 Å². The van der Waals surface area contributed by atoms with E-state index in [0.29, 0.717) is 13.1 Å². The maximum Gasteiger partial charge on any atom is 0.274 e. The first-order chi connectivity index (χ1) is 7.42. The van der Waals surface area contributed by atoms with Crippen LogP contribution >= 0.6 is 0 Å². The number of carbonyl (C=O) groups is 1. The van der Waals surface area contributed by atoms with Gasteiger partial charge in [-0.25, -0.2) is 9.86 Å². The van der Waals surface area contributed by atoms with Crippen molar-refractivity contribution in [2.24, 2.45) is 11.1 Å². The van der Waals surface area contributed by atoms with Crippen LogP contribution in [-0.4, -0.2) is 38.9 Å². The largest absolute Gasteiger partial charge is 0.339 e. The first kappa shape index (κ1) is 13.1. The summed E-state index contributed by atoms with van der Waals surface area (Å²) in [6.45, 7) is 4.95. The maximum atomic E-state index is 11.4. The van der Waals surface area contributed by atoms with Gasteiger partial charge >= 0.3 is 0 Å². The number of amides is 1. The van der Waals surface area contributed by atoms with E-state index in [1.165, 1.54) is 6.08 Å². The third-order valence-electron chi connectivity index (χ3n) is 2.58. The highest BCUT2D eigenvalue weighted by Crippen LogP contribution is 2.15. The highest BCUT2D eigenvalue weighted by molar-refractivity contribution is 7.87. The molecule has 1 aliphatic heterocycles. The standard InChI is InChI=1S/C9H17N3O3S/c1-2-9(13)12-5-3-4-8(7-12)6-11-16(10,14)15/h2,8,11H,1,3-7H2,(H2,10,14,15). The summed E-state index contributed by atoms with van der Waals surface area (Å²) in [6, 6.07) is 0. The van der Waals surface area contributed by atoms with E-state index in [4.69, 9.17) is 5.14 Å². The molecule has 0 aromatic heterocycles. The highest BCUT2D eigenvalue weighted by Gasteiger charge is 2.22. The molecular formula is C9H17N3O3S. The van der Waals surface area contributed by atoms with Crippen LogP contribution in [0.15, 0.2) is 12.7 Å². The Balaban J connectivity index is 2.45. The van der Waals surface area contributed by atoms with E-state index >= 15 is 0 Å². The smallest absolute Gasteiger partial charge is 0.274 e. The van der Waals surface area contributed by atoms with Gasteiger partial charge in [0.25, 0.3) is 10.2 Å². The number of piperidine rings is 1. The average Bonchev–Trinajstić information content (AvgIpc) is 2.25.